The van der Waals surface area contributed by atoms with Crippen molar-refractivity contribution in [3.8, 4) is 11.5 Å². The molecule has 0 fully saturated rings. The fourth-order valence-corrected chi connectivity index (χ4v) is 2.31. The maximum absolute atomic E-state index is 13.2. The molecule has 0 aliphatic carbocycles. The van der Waals surface area contributed by atoms with E-state index in [1.807, 2.05) is 0 Å². The number of carboxylic acids is 1. The molecule has 6 heteroatoms. The van der Waals surface area contributed by atoms with Crippen LogP contribution in [-0.4, -0.2) is 11.1 Å². The number of benzene rings is 2. The molecule has 0 aromatic heterocycles. The van der Waals surface area contributed by atoms with Crippen LogP contribution in [0.1, 0.15) is 5.56 Å². The highest BCUT2D eigenvalue weighted by Crippen LogP contribution is 2.31. The van der Waals surface area contributed by atoms with Crippen LogP contribution in [0.25, 0.3) is 6.08 Å². The number of aliphatic carboxylic acids is 1. The Bertz CT molecular complexity index is 714. The highest BCUT2D eigenvalue weighted by atomic mass is 79.9. The lowest BCUT2D eigenvalue weighted by Crippen LogP contribution is -1.90. The standard InChI is InChI=1S/C15H9Br2FO3/c16-10-2-5-14(9(7-10)1-6-15(19)20)21-11-3-4-13(18)12(17)8-11/h1-8H,(H,19,20)/b6-1+. The van der Waals surface area contributed by atoms with E-state index in [1.165, 1.54) is 24.3 Å². The maximum atomic E-state index is 13.2. The Balaban J connectivity index is 2.34. The smallest absolute Gasteiger partial charge is 0.328 e. The number of rotatable bonds is 4. The lowest BCUT2D eigenvalue weighted by Gasteiger charge is -2.10. The number of carbonyl (C=O) groups is 1. The molecule has 0 radical (unpaired) electrons. The Kier molecular flexibility index (Phi) is 5.14. The van der Waals surface area contributed by atoms with E-state index < -0.39 is 5.97 Å². The van der Waals surface area contributed by atoms with Gasteiger partial charge in [-0.05, 0) is 58.4 Å². The van der Waals surface area contributed by atoms with Gasteiger partial charge in [0.15, 0.2) is 0 Å². The molecule has 0 atom stereocenters. The second-order valence-corrected chi connectivity index (χ2v) is 5.80. The van der Waals surface area contributed by atoms with Crippen LogP contribution in [0.15, 0.2) is 51.4 Å². The van der Waals surface area contributed by atoms with Crippen molar-refractivity contribution in [2.24, 2.45) is 0 Å². The summed E-state index contributed by atoms with van der Waals surface area (Å²) in [6.07, 6.45) is 2.45. The summed E-state index contributed by atoms with van der Waals surface area (Å²) in [4.78, 5) is 10.6. The third-order valence-corrected chi connectivity index (χ3v) is 3.60. The topological polar surface area (TPSA) is 46.5 Å². The van der Waals surface area contributed by atoms with Gasteiger partial charge in [-0.25, -0.2) is 9.18 Å². The van der Waals surface area contributed by atoms with Gasteiger partial charge in [-0.2, -0.15) is 0 Å². The van der Waals surface area contributed by atoms with Crippen molar-refractivity contribution < 1.29 is 19.0 Å². The molecule has 3 nitrogen and oxygen atoms in total. The second-order valence-electron chi connectivity index (χ2n) is 4.03. The molecule has 0 amide bonds. The zero-order valence-electron chi connectivity index (χ0n) is 10.5. The van der Waals surface area contributed by atoms with Gasteiger partial charge in [-0.3, -0.25) is 0 Å². The fourth-order valence-electron chi connectivity index (χ4n) is 1.57. The van der Waals surface area contributed by atoms with Crippen molar-refractivity contribution in [2.45, 2.75) is 0 Å². The van der Waals surface area contributed by atoms with Crippen LogP contribution in [0.2, 0.25) is 0 Å². The molecule has 0 aliphatic heterocycles. The molecule has 0 saturated heterocycles. The van der Waals surface area contributed by atoms with Gasteiger partial charge in [0.25, 0.3) is 0 Å². The molecule has 2 aromatic rings. The van der Waals surface area contributed by atoms with Crippen LogP contribution < -0.4 is 4.74 Å². The number of ether oxygens (including phenoxy) is 1. The molecule has 1 N–H and O–H groups in total. The van der Waals surface area contributed by atoms with Gasteiger partial charge in [0.05, 0.1) is 4.47 Å². The molecule has 0 aliphatic rings. The van der Waals surface area contributed by atoms with Crippen LogP contribution in [-0.2, 0) is 4.79 Å². The Morgan fingerprint density at radius 3 is 2.62 bits per heavy atom. The number of hydrogen-bond acceptors (Lipinski definition) is 2. The predicted molar refractivity (Wildman–Crippen MR) is 85.0 cm³/mol. The molecule has 0 unspecified atom stereocenters. The van der Waals surface area contributed by atoms with E-state index in [4.69, 9.17) is 9.84 Å². The highest BCUT2D eigenvalue weighted by Gasteiger charge is 2.06. The summed E-state index contributed by atoms with van der Waals surface area (Å²) in [5.74, 6) is -0.528. The second kappa shape index (κ2) is 6.87. The number of halogens is 3. The van der Waals surface area contributed by atoms with Crippen molar-refractivity contribution in [2.75, 3.05) is 0 Å². The van der Waals surface area contributed by atoms with E-state index in [2.05, 4.69) is 31.9 Å². The van der Waals surface area contributed by atoms with E-state index >= 15 is 0 Å². The van der Waals surface area contributed by atoms with Crippen LogP contribution in [0.4, 0.5) is 4.39 Å². The van der Waals surface area contributed by atoms with Crippen LogP contribution >= 0.6 is 31.9 Å². The number of hydrogen-bond donors (Lipinski definition) is 1. The zero-order chi connectivity index (χ0) is 15.4. The summed E-state index contributed by atoms with van der Waals surface area (Å²) in [7, 11) is 0. The average Bonchev–Trinajstić information content (AvgIpc) is 2.43. The quantitative estimate of drug-likeness (QED) is 0.694. The first-order chi connectivity index (χ1) is 9.95. The highest BCUT2D eigenvalue weighted by molar-refractivity contribution is 9.10. The van der Waals surface area contributed by atoms with Crippen molar-refractivity contribution >= 4 is 43.9 Å². The minimum atomic E-state index is -1.05. The van der Waals surface area contributed by atoms with Gasteiger partial charge in [0, 0.05) is 16.1 Å². The summed E-state index contributed by atoms with van der Waals surface area (Å²) in [6.45, 7) is 0. The first-order valence-corrected chi connectivity index (χ1v) is 7.38. The van der Waals surface area contributed by atoms with Gasteiger partial charge >= 0.3 is 5.97 Å². The molecule has 21 heavy (non-hydrogen) atoms. The lowest BCUT2D eigenvalue weighted by atomic mass is 10.2. The molecule has 0 spiro atoms. The summed E-state index contributed by atoms with van der Waals surface area (Å²) in [5, 5.41) is 8.70. The van der Waals surface area contributed by atoms with Gasteiger partial charge < -0.3 is 9.84 Å². The van der Waals surface area contributed by atoms with Gasteiger partial charge in [0.2, 0.25) is 0 Å². The van der Waals surface area contributed by atoms with Gasteiger partial charge in [0.1, 0.15) is 17.3 Å². The molecule has 0 heterocycles. The third kappa shape index (κ3) is 4.41. The first kappa shape index (κ1) is 15.7. The SMILES string of the molecule is O=C(O)/C=C/c1cc(Br)ccc1Oc1ccc(F)c(Br)c1. The average molecular weight is 416 g/mol. The minimum Gasteiger partial charge on any atom is -0.478 e. The normalized spacial score (nSPS) is 10.8. The van der Waals surface area contributed by atoms with Gasteiger partial charge in [-0.15, -0.1) is 0 Å². The van der Waals surface area contributed by atoms with Crippen LogP contribution in [0.5, 0.6) is 11.5 Å². The van der Waals surface area contributed by atoms with Crippen LogP contribution in [0, 0.1) is 5.82 Å². The monoisotopic (exact) mass is 414 g/mol. The van der Waals surface area contributed by atoms with Crippen molar-refractivity contribution in [1.29, 1.82) is 0 Å². The molecular formula is C15H9Br2FO3. The van der Waals surface area contributed by atoms with E-state index in [1.54, 1.807) is 18.2 Å². The van der Waals surface area contributed by atoms with Crippen molar-refractivity contribution in [3.63, 3.8) is 0 Å². The zero-order valence-corrected chi connectivity index (χ0v) is 13.7. The molecule has 2 rings (SSSR count). The van der Waals surface area contributed by atoms with E-state index in [0.29, 0.717) is 21.5 Å². The van der Waals surface area contributed by atoms with Crippen LogP contribution in [0.3, 0.4) is 0 Å². The Morgan fingerprint density at radius 2 is 1.95 bits per heavy atom. The minimum absolute atomic E-state index is 0.291. The van der Waals surface area contributed by atoms with Gasteiger partial charge in [-0.1, -0.05) is 15.9 Å². The first-order valence-electron chi connectivity index (χ1n) is 5.79. The fraction of sp³-hybridized carbons (Fsp3) is 0. The Morgan fingerprint density at radius 1 is 1.19 bits per heavy atom. The van der Waals surface area contributed by atoms with E-state index in [9.17, 15) is 9.18 Å². The summed E-state index contributed by atoms with van der Waals surface area (Å²) >= 11 is 6.40. The van der Waals surface area contributed by atoms with Crippen molar-refractivity contribution in [3.05, 3.63) is 62.8 Å². The number of carboxylic acid groups (broad SMARTS) is 1. The Hall–Kier alpha value is -1.66. The molecule has 2 aromatic carbocycles. The summed E-state index contributed by atoms with van der Waals surface area (Å²) in [5.41, 5.74) is 0.590. The third-order valence-electron chi connectivity index (χ3n) is 2.50. The molecule has 0 bridgehead atoms. The molecule has 108 valence electrons. The summed E-state index contributed by atoms with van der Waals surface area (Å²) < 4.78 is 19.9. The lowest BCUT2D eigenvalue weighted by molar-refractivity contribution is -0.131. The molecular weight excluding hydrogens is 407 g/mol. The van der Waals surface area contributed by atoms with E-state index in [0.717, 1.165) is 10.5 Å². The molecule has 0 saturated carbocycles. The maximum Gasteiger partial charge on any atom is 0.328 e. The van der Waals surface area contributed by atoms with Crippen molar-refractivity contribution in [1.82, 2.24) is 0 Å². The predicted octanol–water partition coefficient (Wildman–Crippen LogP) is 5.24. The van der Waals surface area contributed by atoms with E-state index in [-0.39, 0.29) is 5.82 Å². The summed E-state index contributed by atoms with van der Waals surface area (Å²) in [6, 6.07) is 9.47. The largest absolute Gasteiger partial charge is 0.478 e. The Labute approximate surface area is 137 Å².